The lowest BCUT2D eigenvalue weighted by Crippen LogP contribution is -2.37. The molecular weight excluding hydrogens is 465 g/mol. The average molecular weight is 492 g/mol. The lowest BCUT2D eigenvalue weighted by atomic mass is 9.82. The zero-order valence-electron chi connectivity index (χ0n) is 20.2. The molecule has 0 fully saturated rings. The van der Waals surface area contributed by atoms with E-state index in [9.17, 15) is 9.18 Å². The SMILES string of the molecule is C1=CC=CNC=C1.O=C(c1ccc2c(c1)OCO2)C1C=c2c(ccc3c2=CCc2ccc(F)cc2-3)CC1. The van der Waals surface area contributed by atoms with E-state index in [1.165, 1.54) is 11.6 Å². The van der Waals surface area contributed by atoms with Crippen LogP contribution in [0, 0.1) is 11.7 Å². The summed E-state index contributed by atoms with van der Waals surface area (Å²) in [5.74, 6) is 0.991. The van der Waals surface area contributed by atoms with E-state index in [4.69, 9.17) is 9.47 Å². The van der Waals surface area contributed by atoms with Crippen LogP contribution in [-0.4, -0.2) is 12.6 Å². The molecule has 0 radical (unpaired) electrons. The summed E-state index contributed by atoms with van der Waals surface area (Å²) in [5, 5.41) is 5.16. The Labute approximate surface area is 214 Å². The van der Waals surface area contributed by atoms with Crippen molar-refractivity contribution >= 4 is 17.9 Å². The van der Waals surface area contributed by atoms with Crippen molar-refractivity contribution in [2.45, 2.75) is 19.3 Å². The van der Waals surface area contributed by atoms with Crippen LogP contribution in [0.25, 0.3) is 23.3 Å². The minimum atomic E-state index is -0.223. The molecule has 3 aromatic rings. The van der Waals surface area contributed by atoms with Crippen LogP contribution in [-0.2, 0) is 12.8 Å². The number of nitrogens with one attached hydrogen (secondary N) is 1. The maximum atomic E-state index is 13.9. The van der Waals surface area contributed by atoms with Crippen molar-refractivity contribution in [1.29, 1.82) is 0 Å². The number of rotatable bonds is 2. The van der Waals surface area contributed by atoms with Gasteiger partial charge < -0.3 is 14.8 Å². The molecule has 184 valence electrons. The van der Waals surface area contributed by atoms with Gasteiger partial charge in [0.1, 0.15) is 5.82 Å². The molecule has 4 aliphatic rings. The van der Waals surface area contributed by atoms with Crippen LogP contribution in [0.1, 0.15) is 27.9 Å². The number of allylic oxidation sites excluding steroid dienone is 4. The third-order valence-electron chi connectivity index (χ3n) is 7.07. The van der Waals surface area contributed by atoms with E-state index in [1.54, 1.807) is 18.2 Å². The maximum Gasteiger partial charge on any atom is 0.231 e. The fourth-order valence-corrected chi connectivity index (χ4v) is 5.21. The van der Waals surface area contributed by atoms with Gasteiger partial charge in [0.15, 0.2) is 17.3 Å². The summed E-state index contributed by atoms with van der Waals surface area (Å²) in [6.45, 7) is 0.194. The Balaban J connectivity index is 0.000000314. The van der Waals surface area contributed by atoms with E-state index in [0.29, 0.717) is 17.1 Å². The van der Waals surface area contributed by atoms with E-state index >= 15 is 0 Å². The van der Waals surface area contributed by atoms with Gasteiger partial charge in [0.25, 0.3) is 0 Å². The zero-order valence-corrected chi connectivity index (χ0v) is 20.2. The predicted octanol–water partition coefficient (Wildman–Crippen LogP) is 4.96. The molecular formula is C32H26FNO3. The fourth-order valence-electron chi connectivity index (χ4n) is 5.21. The summed E-state index contributed by atoms with van der Waals surface area (Å²) in [6, 6.07) is 14.6. The molecule has 4 nitrogen and oxygen atoms in total. The molecule has 0 saturated heterocycles. The van der Waals surface area contributed by atoms with Crippen molar-refractivity contribution in [1.82, 2.24) is 5.32 Å². The van der Waals surface area contributed by atoms with Crippen LogP contribution in [0.5, 0.6) is 11.5 Å². The molecule has 0 spiro atoms. The quantitative estimate of drug-likeness (QED) is 0.515. The number of hydrogen-bond donors (Lipinski definition) is 1. The molecule has 2 aliphatic carbocycles. The second kappa shape index (κ2) is 9.94. The molecule has 37 heavy (non-hydrogen) atoms. The number of carbonyl (C=O) groups excluding carboxylic acids is 1. The van der Waals surface area contributed by atoms with Crippen LogP contribution < -0.4 is 25.2 Å². The smallest absolute Gasteiger partial charge is 0.231 e. The number of carbonyl (C=O) groups is 1. The van der Waals surface area contributed by atoms with Gasteiger partial charge in [-0.05, 0) is 94.4 Å². The molecule has 3 aromatic carbocycles. The van der Waals surface area contributed by atoms with E-state index in [0.717, 1.165) is 46.4 Å². The van der Waals surface area contributed by atoms with Crippen LogP contribution >= 0.6 is 0 Å². The predicted molar refractivity (Wildman–Crippen MR) is 143 cm³/mol. The number of halogens is 1. The first-order valence-electron chi connectivity index (χ1n) is 12.5. The molecule has 1 atom stereocenters. The Morgan fingerprint density at radius 1 is 0.838 bits per heavy atom. The first-order chi connectivity index (χ1) is 18.2. The van der Waals surface area contributed by atoms with E-state index < -0.39 is 0 Å². The summed E-state index contributed by atoms with van der Waals surface area (Å²) >= 11 is 0. The highest BCUT2D eigenvalue weighted by molar-refractivity contribution is 6.01. The number of ether oxygens (including phenoxy) is 2. The lowest BCUT2D eigenvalue weighted by Gasteiger charge is -2.21. The molecule has 0 bridgehead atoms. The number of benzene rings is 3. The highest BCUT2D eigenvalue weighted by Gasteiger charge is 2.25. The van der Waals surface area contributed by atoms with Crippen molar-refractivity contribution in [3.63, 3.8) is 0 Å². The first-order valence-corrected chi connectivity index (χ1v) is 12.5. The Bertz CT molecular complexity index is 1580. The number of hydrogen-bond acceptors (Lipinski definition) is 4. The van der Waals surface area contributed by atoms with Gasteiger partial charge in [-0.3, -0.25) is 4.79 Å². The average Bonchev–Trinajstić information content (AvgIpc) is 3.20. The molecule has 5 heteroatoms. The van der Waals surface area contributed by atoms with Gasteiger partial charge in [0.2, 0.25) is 6.79 Å². The van der Waals surface area contributed by atoms with Gasteiger partial charge in [0, 0.05) is 23.9 Å². The summed E-state index contributed by atoms with van der Waals surface area (Å²) < 4.78 is 24.7. The normalized spacial score (nSPS) is 17.5. The van der Waals surface area contributed by atoms with Crippen molar-refractivity contribution in [2.24, 2.45) is 5.92 Å². The van der Waals surface area contributed by atoms with Gasteiger partial charge in [-0.15, -0.1) is 0 Å². The molecule has 0 aromatic heterocycles. The van der Waals surface area contributed by atoms with Crippen LogP contribution in [0.15, 0.2) is 85.2 Å². The van der Waals surface area contributed by atoms with Gasteiger partial charge in [0.05, 0.1) is 0 Å². The number of Topliss-reactive ketones (excluding diaryl/α,β-unsaturated/α-hetero) is 1. The Hall–Kier alpha value is -4.38. The van der Waals surface area contributed by atoms with Crippen molar-refractivity contribution in [3.05, 3.63) is 118 Å². The van der Waals surface area contributed by atoms with Crippen LogP contribution in [0.4, 0.5) is 4.39 Å². The summed E-state index contributed by atoms with van der Waals surface area (Å²) in [4.78, 5) is 13.2. The van der Waals surface area contributed by atoms with Crippen LogP contribution in [0.3, 0.4) is 0 Å². The van der Waals surface area contributed by atoms with E-state index in [1.807, 2.05) is 48.8 Å². The summed E-state index contributed by atoms with van der Waals surface area (Å²) in [5.41, 5.74) is 5.02. The van der Waals surface area contributed by atoms with Gasteiger partial charge >= 0.3 is 0 Å². The molecule has 2 aliphatic heterocycles. The third kappa shape index (κ3) is 4.60. The highest BCUT2D eigenvalue weighted by Crippen LogP contribution is 2.34. The van der Waals surface area contributed by atoms with Gasteiger partial charge in [-0.2, -0.15) is 0 Å². The van der Waals surface area contributed by atoms with Gasteiger partial charge in [-0.25, -0.2) is 4.39 Å². The van der Waals surface area contributed by atoms with Gasteiger partial charge in [-0.1, -0.05) is 42.5 Å². The van der Waals surface area contributed by atoms with Crippen molar-refractivity contribution < 1.29 is 18.7 Å². The topological polar surface area (TPSA) is 47.6 Å². The minimum Gasteiger partial charge on any atom is -0.454 e. The van der Waals surface area contributed by atoms with E-state index in [2.05, 4.69) is 29.6 Å². The first kappa shape index (κ1) is 23.0. The molecule has 0 amide bonds. The maximum absolute atomic E-state index is 13.9. The van der Waals surface area contributed by atoms with Crippen molar-refractivity contribution in [3.8, 4) is 22.6 Å². The monoisotopic (exact) mass is 491 g/mol. The Kier molecular flexibility index (Phi) is 6.19. The standard InChI is InChI=1S/C26H19FO3.C6H7N/c27-19-7-3-16-5-8-20-21(23(16)13-19)9-4-15-1-2-17(11-22(15)20)26(28)18-6-10-24-25(12-18)30-14-29-24;1-2-4-6-7-5-3-1/h3-4,6-13,17H,1-2,5,14H2;1-7H. The number of aryl methyl sites for hydroxylation is 1. The molecule has 1 N–H and O–H groups in total. The largest absolute Gasteiger partial charge is 0.454 e. The Morgan fingerprint density at radius 2 is 1.65 bits per heavy atom. The minimum absolute atomic E-state index is 0.0961. The number of ketones is 1. The summed E-state index contributed by atoms with van der Waals surface area (Å²) in [6.07, 6.45) is 18.3. The zero-order chi connectivity index (χ0) is 25.2. The summed E-state index contributed by atoms with van der Waals surface area (Å²) in [7, 11) is 0. The van der Waals surface area contributed by atoms with Crippen molar-refractivity contribution in [2.75, 3.05) is 6.79 Å². The fraction of sp³-hybridized carbons (Fsp3) is 0.156. The second-order valence-electron chi connectivity index (χ2n) is 9.32. The molecule has 7 rings (SSSR count). The lowest BCUT2D eigenvalue weighted by molar-refractivity contribution is 0.0946. The Morgan fingerprint density at radius 3 is 2.51 bits per heavy atom. The number of fused-ring (bicyclic) bond motifs is 6. The molecule has 0 saturated carbocycles. The highest BCUT2D eigenvalue weighted by atomic mass is 19.1. The third-order valence-corrected chi connectivity index (χ3v) is 7.07. The van der Waals surface area contributed by atoms with E-state index in [-0.39, 0.29) is 24.3 Å². The second-order valence-corrected chi connectivity index (χ2v) is 9.32. The van der Waals surface area contributed by atoms with Crippen LogP contribution in [0.2, 0.25) is 0 Å². The molecule has 1 unspecified atom stereocenters. The molecule has 2 heterocycles.